The number of phosphoric ester groups is 1. The van der Waals surface area contributed by atoms with E-state index in [1.807, 2.05) is 21.1 Å². The third-order valence-corrected chi connectivity index (χ3v) is 10.4. The number of quaternary nitrogens is 1. The van der Waals surface area contributed by atoms with Gasteiger partial charge in [-0.3, -0.25) is 14.2 Å². The third kappa shape index (κ3) is 40.2. The van der Waals surface area contributed by atoms with Crippen LogP contribution in [0.4, 0.5) is 0 Å². The molecule has 0 aromatic heterocycles. The van der Waals surface area contributed by atoms with Crippen LogP contribution in [-0.2, 0) is 32.7 Å². The first kappa shape index (κ1) is 52.5. The van der Waals surface area contributed by atoms with E-state index in [0.29, 0.717) is 23.9 Å². The minimum Gasteiger partial charge on any atom is -0.756 e. The molecular weight excluding hydrogens is 701 g/mol. The van der Waals surface area contributed by atoms with Gasteiger partial charge < -0.3 is 27.9 Å². The van der Waals surface area contributed by atoms with Gasteiger partial charge in [-0.25, -0.2) is 0 Å². The van der Waals surface area contributed by atoms with Crippen molar-refractivity contribution in [1.29, 1.82) is 0 Å². The van der Waals surface area contributed by atoms with Gasteiger partial charge in [0.1, 0.15) is 19.8 Å². The topological polar surface area (TPSA) is 111 Å². The van der Waals surface area contributed by atoms with Gasteiger partial charge in [-0.1, -0.05) is 141 Å². The number of likely N-dealkylation sites (N-methyl/N-ethyl adjacent to an activating group) is 1. The van der Waals surface area contributed by atoms with Gasteiger partial charge >= 0.3 is 11.9 Å². The fourth-order valence-electron chi connectivity index (χ4n) is 5.94. The van der Waals surface area contributed by atoms with Gasteiger partial charge in [0, 0.05) is 12.8 Å². The molecule has 54 heavy (non-hydrogen) atoms. The van der Waals surface area contributed by atoms with E-state index < -0.39 is 32.5 Å². The number of ether oxygens (including phenoxy) is 2. The van der Waals surface area contributed by atoms with Crippen LogP contribution in [0.2, 0.25) is 0 Å². The zero-order valence-electron chi connectivity index (χ0n) is 35.7. The number of hydrogen-bond donors (Lipinski definition) is 0. The van der Waals surface area contributed by atoms with Crippen LogP contribution in [-0.4, -0.2) is 70.0 Å². The number of hydrogen-bond acceptors (Lipinski definition) is 8. The van der Waals surface area contributed by atoms with Crippen LogP contribution in [0.1, 0.15) is 194 Å². The minimum absolute atomic E-state index is 0.0322. The molecule has 10 heteroatoms. The molecule has 0 heterocycles. The van der Waals surface area contributed by atoms with Crippen LogP contribution in [0.3, 0.4) is 0 Å². The predicted octanol–water partition coefficient (Wildman–Crippen LogP) is 11.7. The number of rotatable bonds is 40. The standard InChI is InChI=1S/C44H84NO8P/c1-6-8-10-12-14-16-18-20-21-22-23-25-27-29-31-33-35-37-44(47)53-42(41-52-54(48,49)51-39-38-45(3,4)5)40-50-43(46)36-34-32-30-28-26-24-19-17-15-13-11-9-7-2/h16,18,24,26,42H,6-15,17,19-23,25,27-41H2,1-5H3/b18-16+,26-24+/t42-/m1/s1. The number of carbonyl (C=O) groups is 2. The molecule has 9 nitrogen and oxygen atoms in total. The number of nitrogens with zero attached hydrogens (tertiary/aromatic N) is 1. The lowest BCUT2D eigenvalue weighted by atomic mass is 10.1. The Labute approximate surface area is 332 Å². The van der Waals surface area contributed by atoms with Crippen molar-refractivity contribution in [2.24, 2.45) is 0 Å². The molecule has 0 N–H and O–H groups in total. The van der Waals surface area contributed by atoms with Crippen molar-refractivity contribution < 1.29 is 42.1 Å². The SMILES string of the molecule is CCCCCC/C=C/CCCCCCCCCCCC(=O)O[C@H](COC(=O)CCCCC/C=C/CCCCCCCC)COP(=O)([O-])OCC[N+](C)(C)C. The zero-order chi connectivity index (χ0) is 40.0. The fourth-order valence-corrected chi connectivity index (χ4v) is 6.67. The van der Waals surface area contributed by atoms with Crippen LogP contribution in [0.25, 0.3) is 0 Å². The predicted molar refractivity (Wildman–Crippen MR) is 222 cm³/mol. The number of esters is 2. The summed E-state index contributed by atoms with van der Waals surface area (Å²) in [6, 6.07) is 0. The first-order valence-corrected chi connectivity index (χ1v) is 23.5. The zero-order valence-corrected chi connectivity index (χ0v) is 36.6. The first-order chi connectivity index (χ1) is 26.0. The van der Waals surface area contributed by atoms with Crippen molar-refractivity contribution in [3.63, 3.8) is 0 Å². The summed E-state index contributed by atoms with van der Waals surface area (Å²) in [7, 11) is 1.16. The van der Waals surface area contributed by atoms with E-state index in [0.717, 1.165) is 44.9 Å². The summed E-state index contributed by atoms with van der Waals surface area (Å²) < 4.78 is 33.9. The second kappa shape index (κ2) is 37.1. The molecule has 0 aromatic carbocycles. The minimum atomic E-state index is -4.62. The van der Waals surface area contributed by atoms with Crippen molar-refractivity contribution in [3.8, 4) is 0 Å². The highest BCUT2D eigenvalue weighted by atomic mass is 31.2. The van der Waals surface area contributed by atoms with Crippen LogP contribution >= 0.6 is 7.82 Å². The van der Waals surface area contributed by atoms with Crippen molar-refractivity contribution >= 4 is 19.8 Å². The second-order valence-corrected chi connectivity index (χ2v) is 17.5. The molecule has 0 fully saturated rings. The normalized spacial score (nSPS) is 13.8. The molecule has 0 radical (unpaired) electrons. The Hall–Kier alpha value is -1.51. The Balaban J connectivity index is 4.36. The van der Waals surface area contributed by atoms with E-state index in [4.69, 9.17) is 18.5 Å². The average molecular weight is 786 g/mol. The largest absolute Gasteiger partial charge is 0.756 e. The Bertz CT molecular complexity index is 980. The van der Waals surface area contributed by atoms with Gasteiger partial charge in [0.25, 0.3) is 7.82 Å². The summed E-state index contributed by atoms with van der Waals surface area (Å²) in [5, 5.41) is 0. The number of carbonyl (C=O) groups excluding carboxylic acids is 2. The Morgan fingerprint density at radius 1 is 0.556 bits per heavy atom. The average Bonchev–Trinajstić information content (AvgIpc) is 3.12. The Kier molecular flexibility index (Phi) is 36.1. The van der Waals surface area contributed by atoms with E-state index >= 15 is 0 Å². The quantitative estimate of drug-likeness (QED) is 0.0198. The maximum atomic E-state index is 12.7. The van der Waals surface area contributed by atoms with Crippen LogP contribution in [0, 0.1) is 0 Å². The number of unbranched alkanes of at least 4 members (excludes halogenated alkanes) is 22. The van der Waals surface area contributed by atoms with Crippen molar-refractivity contribution in [1.82, 2.24) is 0 Å². The fraction of sp³-hybridized carbons (Fsp3) is 0.864. The van der Waals surface area contributed by atoms with Gasteiger partial charge in [0.2, 0.25) is 0 Å². The highest BCUT2D eigenvalue weighted by Gasteiger charge is 2.21. The summed E-state index contributed by atoms with van der Waals surface area (Å²) in [6.07, 6.45) is 39.1. The maximum absolute atomic E-state index is 12.7. The first-order valence-electron chi connectivity index (χ1n) is 22.0. The van der Waals surface area contributed by atoms with Crippen LogP contribution in [0.5, 0.6) is 0 Å². The van der Waals surface area contributed by atoms with Crippen molar-refractivity contribution in [2.45, 2.75) is 200 Å². The molecule has 0 aromatic rings. The molecule has 0 aliphatic rings. The molecule has 0 saturated heterocycles. The molecule has 1 unspecified atom stereocenters. The smallest absolute Gasteiger partial charge is 0.306 e. The van der Waals surface area contributed by atoms with Crippen LogP contribution in [0.15, 0.2) is 24.3 Å². The van der Waals surface area contributed by atoms with E-state index in [2.05, 4.69) is 38.2 Å². The monoisotopic (exact) mass is 786 g/mol. The number of allylic oxidation sites excluding steroid dienone is 4. The summed E-state index contributed by atoms with van der Waals surface area (Å²) in [4.78, 5) is 37.5. The summed E-state index contributed by atoms with van der Waals surface area (Å²) in [6.45, 7) is 4.19. The van der Waals surface area contributed by atoms with Gasteiger partial charge in [0.05, 0.1) is 27.7 Å². The van der Waals surface area contributed by atoms with Crippen molar-refractivity contribution in [3.05, 3.63) is 24.3 Å². The molecule has 0 aliphatic carbocycles. The Morgan fingerprint density at radius 2 is 0.944 bits per heavy atom. The van der Waals surface area contributed by atoms with E-state index in [9.17, 15) is 19.0 Å². The summed E-state index contributed by atoms with van der Waals surface area (Å²) in [5.74, 6) is -0.852. The number of phosphoric acid groups is 1. The van der Waals surface area contributed by atoms with Crippen LogP contribution < -0.4 is 4.89 Å². The Morgan fingerprint density at radius 3 is 1.41 bits per heavy atom. The lowest BCUT2D eigenvalue weighted by Gasteiger charge is -2.28. The molecule has 318 valence electrons. The highest BCUT2D eigenvalue weighted by Crippen LogP contribution is 2.38. The van der Waals surface area contributed by atoms with Gasteiger partial charge in [-0.05, 0) is 64.2 Å². The van der Waals surface area contributed by atoms with Crippen molar-refractivity contribution in [2.75, 3.05) is 47.5 Å². The van der Waals surface area contributed by atoms with E-state index in [1.165, 1.54) is 109 Å². The van der Waals surface area contributed by atoms with E-state index in [1.54, 1.807) is 0 Å². The molecular formula is C44H84NO8P. The summed E-state index contributed by atoms with van der Waals surface area (Å²) in [5.41, 5.74) is 0. The molecule has 2 atom stereocenters. The van der Waals surface area contributed by atoms with E-state index in [-0.39, 0.29) is 26.1 Å². The molecule has 0 rings (SSSR count). The van der Waals surface area contributed by atoms with Gasteiger partial charge in [-0.2, -0.15) is 0 Å². The van der Waals surface area contributed by atoms with Gasteiger partial charge in [-0.15, -0.1) is 0 Å². The molecule has 0 spiro atoms. The lowest BCUT2D eigenvalue weighted by molar-refractivity contribution is -0.870. The maximum Gasteiger partial charge on any atom is 0.306 e. The second-order valence-electron chi connectivity index (χ2n) is 16.1. The summed E-state index contributed by atoms with van der Waals surface area (Å²) >= 11 is 0. The third-order valence-electron chi connectivity index (χ3n) is 9.44. The highest BCUT2D eigenvalue weighted by molar-refractivity contribution is 7.45. The molecule has 0 aliphatic heterocycles. The molecule has 0 amide bonds. The lowest BCUT2D eigenvalue weighted by Crippen LogP contribution is -2.37. The van der Waals surface area contributed by atoms with Gasteiger partial charge in [0.15, 0.2) is 6.10 Å². The molecule has 0 saturated carbocycles. The molecule has 0 bridgehead atoms.